The molecule has 17 nitrogen and oxygen atoms in total. The number of benzene rings is 4. The first-order valence-electron chi connectivity index (χ1n) is 23.6. The summed E-state index contributed by atoms with van der Waals surface area (Å²) in [7, 11) is 2.01. The molecule has 372 valence electrons. The minimum absolute atomic E-state index is 0.155. The highest BCUT2D eigenvalue weighted by Crippen LogP contribution is 2.37. The summed E-state index contributed by atoms with van der Waals surface area (Å²) in [6, 6.07) is 27.9. The van der Waals surface area contributed by atoms with Crippen molar-refractivity contribution >= 4 is 57.1 Å². The second kappa shape index (κ2) is 23.9. The van der Waals surface area contributed by atoms with Gasteiger partial charge in [-0.25, -0.2) is 4.98 Å². The van der Waals surface area contributed by atoms with Crippen LogP contribution in [0, 0.1) is 6.92 Å². The van der Waals surface area contributed by atoms with Crippen LogP contribution in [0.15, 0.2) is 110 Å². The molecule has 0 aliphatic rings. The molecule has 4 aromatic carbocycles. The van der Waals surface area contributed by atoms with Crippen molar-refractivity contribution in [2.45, 2.75) is 26.7 Å². The number of nitrogens with one attached hydrogen (secondary N) is 4. The number of hydrogen-bond donors (Lipinski definition) is 6. The molecule has 4 heterocycles. The van der Waals surface area contributed by atoms with Crippen LogP contribution in [0.3, 0.4) is 0 Å². The van der Waals surface area contributed by atoms with Crippen LogP contribution in [0.4, 0.5) is 5.82 Å². The molecule has 18 heteroatoms. The van der Waals surface area contributed by atoms with Gasteiger partial charge in [0.1, 0.15) is 23.0 Å². The van der Waals surface area contributed by atoms with Crippen LogP contribution in [0.2, 0.25) is 5.02 Å². The normalized spacial score (nSPS) is 11.3. The largest absolute Gasteiger partial charge is 0.508 e. The van der Waals surface area contributed by atoms with Gasteiger partial charge in [0.25, 0.3) is 17.8 Å². The number of rotatable bonds is 23. The third kappa shape index (κ3) is 12.5. The van der Waals surface area contributed by atoms with E-state index in [1.807, 2.05) is 57.4 Å². The number of imidazole rings is 1. The van der Waals surface area contributed by atoms with E-state index in [1.165, 1.54) is 0 Å². The highest BCUT2D eigenvalue weighted by atomic mass is 35.5. The van der Waals surface area contributed by atoms with Gasteiger partial charge in [-0.05, 0) is 96.3 Å². The number of aromatic amines is 1. The Hall–Kier alpha value is -7.83. The fraction of sp³-hybridized carbons (Fsp3) is 0.259. The standard InChI is InChI=1S/C54H56ClN9O8/c1-4-40-43(32-61-51(56)50(40)34-6-10-38(65)11-7-34)37-8-13-45(60-31-37)53(68)58-18-17-57-49(66)16-21-69-23-25-71-26-24-70-22-19-59-52(67)41-28-39(12-5-33(41)2)72-54-62-46-29-42(44(55)30-47(46)63-54)35-9-14-48-36(27-35)15-20-64(48)3/h5-15,20,27-32,65H,4,16-19,21-26H2,1-3H3,(H2,56,61)(H,57,66)(H,58,68)(H,59,67)(H,62,63). The molecule has 0 bridgehead atoms. The molecule has 8 rings (SSSR count). The third-order valence-corrected chi connectivity index (χ3v) is 12.2. The number of aryl methyl sites for hydroxylation is 2. The van der Waals surface area contributed by atoms with Crippen molar-refractivity contribution in [3.05, 3.63) is 137 Å². The highest BCUT2D eigenvalue weighted by molar-refractivity contribution is 6.34. The summed E-state index contributed by atoms with van der Waals surface area (Å²) in [6.07, 6.45) is 6.18. The number of halogens is 1. The van der Waals surface area contributed by atoms with Crippen molar-refractivity contribution in [3.8, 4) is 50.9 Å². The molecule has 7 N–H and O–H groups in total. The molecule has 0 aliphatic carbocycles. The average molecular weight is 995 g/mol. The number of anilines is 1. The van der Waals surface area contributed by atoms with Crippen LogP contribution < -0.4 is 26.4 Å². The number of fused-ring (bicyclic) bond motifs is 2. The van der Waals surface area contributed by atoms with Gasteiger partial charge in [0.2, 0.25) is 5.91 Å². The van der Waals surface area contributed by atoms with Gasteiger partial charge >= 0.3 is 0 Å². The van der Waals surface area contributed by atoms with E-state index in [1.54, 1.807) is 54.9 Å². The van der Waals surface area contributed by atoms with E-state index in [9.17, 15) is 19.5 Å². The summed E-state index contributed by atoms with van der Waals surface area (Å²) < 4.78 is 24.8. The van der Waals surface area contributed by atoms with Crippen LogP contribution in [0.5, 0.6) is 17.5 Å². The zero-order valence-corrected chi connectivity index (χ0v) is 41.0. The lowest BCUT2D eigenvalue weighted by Crippen LogP contribution is -2.35. The smallest absolute Gasteiger partial charge is 0.300 e. The molecule has 8 aromatic rings. The van der Waals surface area contributed by atoms with E-state index in [0.29, 0.717) is 73.7 Å². The SMILES string of the molecule is CCc1c(-c2ccc(C(=O)NCCNC(=O)CCOCCOCCOCCNC(=O)c3cc(Oc4nc5cc(-c6ccc7c(ccn7C)c6)c(Cl)cc5[nH]4)ccc3C)nc2)cnc(N)c1-c1ccc(O)cc1. The number of carbonyl (C=O) groups excluding carboxylic acids is 3. The lowest BCUT2D eigenvalue weighted by Gasteiger charge is -2.16. The lowest BCUT2D eigenvalue weighted by atomic mass is 9.92. The van der Waals surface area contributed by atoms with Gasteiger partial charge in [-0.1, -0.05) is 48.9 Å². The van der Waals surface area contributed by atoms with Crippen LogP contribution in [0.1, 0.15) is 45.3 Å². The topological polar surface area (TPSA) is 230 Å². The Bertz CT molecular complexity index is 3190. The lowest BCUT2D eigenvalue weighted by molar-refractivity contribution is -0.122. The number of hydrogen-bond acceptors (Lipinski definition) is 12. The number of phenolic OH excluding ortho intramolecular Hbond substituents is 1. The monoisotopic (exact) mass is 993 g/mol. The number of H-pyrrole nitrogens is 1. The molecule has 0 saturated heterocycles. The Morgan fingerprint density at radius 3 is 2.24 bits per heavy atom. The average Bonchev–Trinajstić information content (AvgIpc) is 3.96. The number of ether oxygens (including phenoxy) is 4. The summed E-state index contributed by atoms with van der Waals surface area (Å²) in [5.74, 6) is 0.159. The van der Waals surface area contributed by atoms with Gasteiger partial charge in [-0.2, -0.15) is 4.98 Å². The van der Waals surface area contributed by atoms with Crippen molar-refractivity contribution in [2.75, 3.05) is 65.0 Å². The summed E-state index contributed by atoms with van der Waals surface area (Å²) in [5, 5.41) is 19.9. The van der Waals surface area contributed by atoms with Crippen LogP contribution in [-0.2, 0) is 32.5 Å². The summed E-state index contributed by atoms with van der Waals surface area (Å²) >= 11 is 6.73. The van der Waals surface area contributed by atoms with Crippen LogP contribution >= 0.6 is 11.6 Å². The quantitative estimate of drug-likeness (QED) is 0.0334. The number of pyridine rings is 2. The molecule has 4 aromatic heterocycles. The van der Waals surface area contributed by atoms with E-state index in [2.05, 4.69) is 58.7 Å². The number of nitrogens with two attached hydrogens (primary N) is 1. The second-order valence-electron chi connectivity index (χ2n) is 16.9. The minimum Gasteiger partial charge on any atom is -0.508 e. The minimum atomic E-state index is -0.369. The second-order valence-corrected chi connectivity index (χ2v) is 17.3. The van der Waals surface area contributed by atoms with Crippen molar-refractivity contribution in [3.63, 3.8) is 0 Å². The van der Waals surface area contributed by atoms with E-state index in [0.717, 1.165) is 60.9 Å². The fourth-order valence-corrected chi connectivity index (χ4v) is 8.43. The zero-order chi connectivity index (χ0) is 50.6. The van der Waals surface area contributed by atoms with Gasteiger partial charge in [-0.15, -0.1) is 0 Å². The fourth-order valence-electron chi connectivity index (χ4n) is 8.16. The Morgan fingerprint density at radius 2 is 1.47 bits per heavy atom. The molecule has 0 unspecified atom stereocenters. The van der Waals surface area contributed by atoms with Crippen molar-refractivity contribution < 1.29 is 38.4 Å². The van der Waals surface area contributed by atoms with Gasteiger partial charge in [0.05, 0.1) is 55.7 Å². The van der Waals surface area contributed by atoms with E-state index in [4.69, 9.17) is 36.3 Å². The number of phenols is 1. The summed E-state index contributed by atoms with van der Waals surface area (Å²) in [5.41, 5.74) is 16.4. The first-order chi connectivity index (χ1) is 34.9. The Morgan fingerprint density at radius 1 is 0.750 bits per heavy atom. The van der Waals surface area contributed by atoms with Gasteiger partial charge in [0, 0.05) is 90.4 Å². The molecular weight excluding hydrogens is 938 g/mol. The van der Waals surface area contributed by atoms with Crippen molar-refractivity contribution in [1.29, 1.82) is 0 Å². The molecule has 72 heavy (non-hydrogen) atoms. The molecule has 0 aliphatic heterocycles. The maximum atomic E-state index is 13.1. The summed E-state index contributed by atoms with van der Waals surface area (Å²) in [4.78, 5) is 54.8. The first kappa shape index (κ1) is 50.6. The maximum absolute atomic E-state index is 13.1. The zero-order valence-electron chi connectivity index (χ0n) is 40.2. The number of carbonyl (C=O) groups is 3. The third-order valence-electron chi connectivity index (χ3n) is 11.9. The molecule has 0 radical (unpaired) electrons. The van der Waals surface area contributed by atoms with Crippen LogP contribution in [-0.4, -0.2) is 107 Å². The maximum Gasteiger partial charge on any atom is 0.300 e. The van der Waals surface area contributed by atoms with Crippen molar-refractivity contribution in [1.82, 2.24) is 40.5 Å². The van der Waals surface area contributed by atoms with E-state index in [-0.39, 0.29) is 61.3 Å². The van der Waals surface area contributed by atoms with Crippen LogP contribution in [0.25, 0.3) is 55.3 Å². The van der Waals surface area contributed by atoms with E-state index < -0.39 is 0 Å². The number of nitrogens with zero attached hydrogens (tertiary/aromatic N) is 4. The molecular formula is C54H56ClN9O8. The first-order valence-corrected chi connectivity index (χ1v) is 24.0. The van der Waals surface area contributed by atoms with E-state index >= 15 is 0 Å². The summed E-state index contributed by atoms with van der Waals surface area (Å²) in [6.45, 7) is 6.44. The van der Waals surface area contributed by atoms with Crippen molar-refractivity contribution in [2.24, 2.45) is 7.05 Å². The molecule has 0 fully saturated rings. The number of nitrogen functional groups attached to an aromatic ring is 1. The highest BCUT2D eigenvalue weighted by Gasteiger charge is 2.18. The Labute approximate surface area is 421 Å². The number of aromatic nitrogens is 5. The van der Waals surface area contributed by atoms with Gasteiger partial charge in [0.15, 0.2) is 0 Å². The molecule has 0 atom stereocenters. The molecule has 0 spiro atoms. The number of aromatic hydroxyl groups is 1. The predicted molar refractivity (Wildman–Crippen MR) is 277 cm³/mol. The Kier molecular flexibility index (Phi) is 16.7. The molecule has 0 saturated carbocycles. The predicted octanol–water partition coefficient (Wildman–Crippen LogP) is 8.17. The van der Waals surface area contributed by atoms with Gasteiger partial charge < -0.3 is 55.3 Å². The number of amides is 3. The van der Waals surface area contributed by atoms with Gasteiger partial charge in [-0.3, -0.25) is 19.4 Å². The molecule has 3 amide bonds. The Balaban J connectivity index is 0.662.